The molecule has 0 N–H and O–H groups in total. The molecule has 1 saturated carbocycles. The van der Waals surface area contributed by atoms with Crippen molar-refractivity contribution in [2.75, 3.05) is 19.6 Å². The van der Waals surface area contributed by atoms with E-state index in [0.717, 1.165) is 31.2 Å². The summed E-state index contributed by atoms with van der Waals surface area (Å²) >= 11 is 0. The average molecular weight is 315 g/mol. The zero-order chi connectivity index (χ0) is 15.6. The summed E-state index contributed by atoms with van der Waals surface area (Å²) in [4.78, 5) is 7.20. The highest BCUT2D eigenvalue weighted by Gasteiger charge is 2.32. The van der Waals surface area contributed by atoms with Crippen LogP contribution in [-0.2, 0) is 13.5 Å². The number of piperidine rings is 1. The van der Waals surface area contributed by atoms with Crippen LogP contribution >= 0.6 is 0 Å². The molecule has 0 bridgehead atoms. The molecule has 1 saturated heterocycles. The van der Waals surface area contributed by atoms with E-state index in [0.29, 0.717) is 11.8 Å². The summed E-state index contributed by atoms with van der Waals surface area (Å²) in [6.45, 7) is 3.40. The Hall–Kier alpha value is -1.69. The smallest absolute Gasteiger partial charge is 0.229 e. The van der Waals surface area contributed by atoms with Crippen molar-refractivity contribution in [3.05, 3.63) is 29.7 Å². The van der Waals surface area contributed by atoms with Crippen molar-refractivity contribution in [2.45, 2.75) is 50.4 Å². The molecule has 1 unspecified atom stereocenters. The summed E-state index contributed by atoms with van der Waals surface area (Å²) < 4.78 is 7.30. The molecule has 1 aliphatic heterocycles. The maximum absolute atomic E-state index is 5.43. The second kappa shape index (κ2) is 6.43. The van der Waals surface area contributed by atoms with Crippen LogP contribution in [0.15, 0.2) is 16.9 Å². The zero-order valence-electron chi connectivity index (χ0n) is 13.8. The predicted molar refractivity (Wildman–Crippen MR) is 86.2 cm³/mol. The maximum atomic E-state index is 5.43. The molecule has 2 aromatic rings. The van der Waals surface area contributed by atoms with Gasteiger partial charge >= 0.3 is 0 Å². The van der Waals surface area contributed by atoms with Gasteiger partial charge in [0.05, 0.1) is 6.20 Å². The fraction of sp³-hybridized carbons (Fsp3) is 0.706. The largest absolute Gasteiger partial charge is 0.339 e. The maximum Gasteiger partial charge on any atom is 0.229 e. The molecule has 6 nitrogen and oxygen atoms in total. The molecule has 23 heavy (non-hydrogen) atoms. The third-order valence-corrected chi connectivity index (χ3v) is 4.95. The minimum atomic E-state index is 0.443. The van der Waals surface area contributed by atoms with Crippen LogP contribution in [0.25, 0.3) is 0 Å². The van der Waals surface area contributed by atoms with Gasteiger partial charge in [-0.3, -0.25) is 4.68 Å². The first kappa shape index (κ1) is 14.9. The van der Waals surface area contributed by atoms with E-state index in [9.17, 15) is 0 Å². The van der Waals surface area contributed by atoms with Gasteiger partial charge < -0.3 is 9.42 Å². The molecular formula is C17H25N5O. The Morgan fingerprint density at radius 2 is 2.17 bits per heavy atom. The lowest BCUT2D eigenvalue weighted by atomic mass is 9.97. The molecule has 1 aliphatic carbocycles. The van der Waals surface area contributed by atoms with E-state index >= 15 is 0 Å². The van der Waals surface area contributed by atoms with Crippen molar-refractivity contribution in [3.63, 3.8) is 0 Å². The van der Waals surface area contributed by atoms with Gasteiger partial charge in [0, 0.05) is 31.6 Å². The van der Waals surface area contributed by atoms with Crippen molar-refractivity contribution >= 4 is 0 Å². The summed E-state index contributed by atoms with van der Waals surface area (Å²) in [5, 5.41) is 8.47. The molecule has 2 aromatic heterocycles. The highest BCUT2D eigenvalue weighted by molar-refractivity contribution is 5.06. The monoisotopic (exact) mass is 315 g/mol. The number of likely N-dealkylation sites (tertiary alicyclic amines) is 1. The molecule has 124 valence electrons. The molecule has 1 atom stereocenters. The third-order valence-electron chi connectivity index (χ3n) is 4.95. The van der Waals surface area contributed by atoms with Gasteiger partial charge in [0.1, 0.15) is 0 Å². The van der Waals surface area contributed by atoms with E-state index in [4.69, 9.17) is 4.52 Å². The van der Waals surface area contributed by atoms with Crippen LogP contribution in [0, 0.1) is 0 Å². The van der Waals surface area contributed by atoms with Gasteiger partial charge in [0.2, 0.25) is 5.89 Å². The fourth-order valence-corrected chi connectivity index (χ4v) is 3.49. The highest BCUT2D eigenvalue weighted by atomic mass is 16.5. The molecular weight excluding hydrogens is 290 g/mol. The lowest BCUT2D eigenvalue weighted by molar-refractivity contribution is 0.200. The fourth-order valence-electron chi connectivity index (χ4n) is 3.49. The standard InChI is InChI=1S/C17H25N5O/c1-21-11-13(10-18-21)4-2-8-22-9-3-5-15(12-22)16-19-17(23-20-16)14-6-7-14/h10-11,14-15H,2-9,12H2,1H3. The van der Waals surface area contributed by atoms with Gasteiger partial charge in [0.25, 0.3) is 0 Å². The first-order valence-electron chi connectivity index (χ1n) is 8.81. The molecule has 0 amide bonds. The summed E-state index contributed by atoms with van der Waals surface area (Å²) in [6.07, 6.45) is 11.2. The number of hydrogen-bond acceptors (Lipinski definition) is 5. The van der Waals surface area contributed by atoms with Gasteiger partial charge in [-0.25, -0.2) is 0 Å². The van der Waals surface area contributed by atoms with Gasteiger partial charge in [0.15, 0.2) is 5.82 Å². The number of rotatable bonds is 6. The van der Waals surface area contributed by atoms with E-state index in [1.807, 2.05) is 17.9 Å². The highest BCUT2D eigenvalue weighted by Crippen LogP contribution is 2.39. The predicted octanol–water partition coefficient (Wildman–Crippen LogP) is 2.49. The van der Waals surface area contributed by atoms with Crippen LogP contribution in [0.2, 0.25) is 0 Å². The van der Waals surface area contributed by atoms with Gasteiger partial charge in [-0.05, 0) is 57.2 Å². The van der Waals surface area contributed by atoms with Crippen molar-refractivity contribution in [1.29, 1.82) is 0 Å². The van der Waals surface area contributed by atoms with Crippen LogP contribution in [0.3, 0.4) is 0 Å². The Kier molecular flexibility index (Phi) is 4.16. The Balaban J connectivity index is 1.28. The third kappa shape index (κ3) is 3.63. The summed E-state index contributed by atoms with van der Waals surface area (Å²) in [6, 6.07) is 0. The van der Waals surface area contributed by atoms with Crippen molar-refractivity contribution < 1.29 is 4.52 Å². The molecule has 0 spiro atoms. The summed E-state index contributed by atoms with van der Waals surface area (Å²) in [5.74, 6) is 2.80. The van der Waals surface area contributed by atoms with Crippen molar-refractivity contribution in [1.82, 2.24) is 24.8 Å². The zero-order valence-corrected chi connectivity index (χ0v) is 13.8. The Labute approximate surface area is 136 Å². The number of aryl methyl sites for hydroxylation is 2. The van der Waals surface area contributed by atoms with Crippen LogP contribution in [0.4, 0.5) is 0 Å². The Bertz CT molecular complexity index is 645. The number of nitrogens with zero attached hydrogens (tertiary/aromatic N) is 5. The first-order chi connectivity index (χ1) is 11.3. The summed E-state index contributed by atoms with van der Waals surface area (Å²) in [5.41, 5.74) is 1.33. The number of hydrogen-bond donors (Lipinski definition) is 0. The van der Waals surface area contributed by atoms with Gasteiger partial charge in [-0.2, -0.15) is 10.1 Å². The SMILES string of the molecule is Cn1cc(CCCN2CCCC(c3noc(C4CC4)n3)C2)cn1. The quantitative estimate of drug-likeness (QED) is 0.819. The minimum Gasteiger partial charge on any atom is -0.339 e. The lowest BCUT2D eigenvalue weighted by Gasteiger charge is -2.31. The minimum absolute atomic E-state index is 0.443. The summed E-state index contributed by atoms with van der Waals surface area (Å²) in [7, 11) is 1.97. The van der Waals surface area contributed by atoms with E-state index in [1.54, 1.807) is 0 Å². The van der Waals surface area contributed by atoms with E-state index in [2.05, 4.69) is 26.3 Å². The molecule has 0 radical (unpaired) electrons. The van der Waals surface area contributed by atoms with E-state index in [1.165, 1.54) is 44.2 Å². The molecule has 4 rings (SSSR count). The molecule has 2 aliphatic rings. The Morgan fingerprint density at radius 3 is 2.96 bits per heavy atom. The van der Waals surface area contributed by atoms with Crippen LogP contribution < -0.4 is 0 Å². The molecule has 2 fully saturated rings. The van der Waals surface area contributed by atoms with E-state index in [-0.39, 0.29) is 0 Å². The second-order valence-corrected chi connectivity index (χ2v) is 7.03. The van der Waals surface area contributed by atoms with Crippen molar-refractivity contribution in [2.24, 2.45) is 7.05 Å². The van der Waals surface area contributed by atoms with Gasteiger partial charge in [-0.1, -0.05) is 5.16 Å². The van der Waals surface area contributed by atoms with Crippen LogP contribution in [0.1, 0.15) is 61.2 Å². The molecule has 6 heteroatoms. The molecule has 0 aromatic carbocycles. The van der Waals surface area contributed by atoms with Crippen LogP contribution in [0.5, 0.6) is 0 Å². The molecule has 3 heterocycles. The van der Waals surface area contributed by atoms with Gasteiger partial charge in [-0.15, -0.1) is 0 Å². The number of aromatic nitrogens is 4. The Morgan fingerprint density at radius 1 is 1.26 bits per heavy atom. The second-order valence-electron chi connectivity index (χ2n) is 7.03. The topological polar surface area (TPSA) is 60.0 Å². The average Bonchev–Trinajstić information content (AvgIpc) is 3.14. The first-order valence-corrected chi connectivity index (χ1v) is 8.81. The normalized spacial score (nSPS) is 22.6. The van der Waals surface area contributed by atoms with E-state index < -0.39 is 0 Å². The lowest BCUT2D eigenvalue weighted by Crippen LogP contribution is -2.35. The van der Waals surface area contributed by atoms with Crippen molar-refractivity contribution in [3.8, 4) is 0 Å². The van der Waals surface area contributed by atoms with Crippen LogP contribution in [-0.4, -0.2) is 44.5 Å².